The van der Waals surface area contributed by atoms with E-state index in [1.54, 1.807) is 17.7 Å². The van der Waals surface area contributed by atoms with Gasteiger partial charge in [-0.1, -0.05) is 19.1 Å². The van der Waals surface area contributed by atoms with E-state index in [2.05, 4.69) is 14.5 Å². The van der Waals surface area contributed by atoms with Crippen molar-refractivity contribution in [2.75, 3.05) is 6.54 Å². The van der Waals surface area contributed by atoms with Crippen LogP contribution in [0.15, 0.2) is 48.5 Å². The lowest BCUT2D eigenvalue weighted by Crippen LogP contribution is -2.43. The summed E-state index contributed by atoms with van der Waals surface area (Å²) >= 11 is 0. The minimum Gasteiger partial charge on any atom is -0.439 e. The summed E-state index contributed by atoms with van der Waals surface area (Å²) < 4.78 is 75.0. The second-order valence-corrected chi connectivity index (χ2v) is 9.55. The molecule has 2 N–H and O–H groups in total. The van der Waals surface area contributed by atoms with Crippen LogP contribution in [0, 0.1) is 0 Å². The van der Waals surface area contributed by atoms with Crippen molar-refractivity contribution < 1.29 is 26.3 Å². The molecular weight excluding hydrogens is 469 g/mol. The van der Waals surface area contributed by atoms with Gasteiger partial charge in [-0.3, -0.25) is 0 Å². The van der Waals surface area contributed by atoms with Gasteiger partial charge in [0.25, 0.3) is 10.2 Å². The molecule has 182 valence electrons. The molecule has 7 nitrogen and oxygen atoms in total. The summed E-state index contributed by atoms with van der Waals surface area (Å²) in [5.74, 6) is 0.688. The van der Waals surface area contributed by atoms with Gasteiger partial charge in [-0.15, -0.1) is 0 Å². The molecule has 0 bridgehead atoms. The first-order valence-electron chi connectivity index (χ1n) is 10.9. The van der Waals surface area contributed by atoms with Crippen molar-refractivity contribution in [2.45, 2.75) is 45.5 Å². The Morgan fingerprint density at radius 3 is 2.41 bits per heavy atom. The van der Waals surface area contributed by atoms with Gasteiger partial charge in [-0.2, -0.15) is 31.4 Å². The molecule has 11 heteroatoms. The fraction of sp³-hybridized carbons (Fsp3) is 0.348. The highest BCUT2D eigenvalue weighted by Crippen LogP contribution is 2.33. The van der Waals surface area contributed by atoms with Gasteiger partial charge in [0.1, 0.15) is 5.75 Å². The Hall–Kier alpha value is -2.89. The van der Waals surface area contributed by atoms with Crippen molar-refractivity contribution in [3.63, 3.8) is 0 Å². The first-order valence-corrected chi connectivity index (χ1v) is 12.4. The zero-order valence-electron chi connectivity index (χ0n) is 18.7. The molecule has 2 aromatic carbocycles. The van der Waals surface area contributed by atoms with E-state index >= 15 is 0 Å². The van der Waals surface area contributed by atoms with Crippen molar-refractivity contribution in [2.24, 2.45) is 0 Å². The predicted octanol–water partition coefficient (Wildman–Crippen LogP) is 4.29. The van der Waals surface area contributed by atoms with Crippen molar-refractivity contribution >= 4 is 10.2 Å². The smallest absolute Gasteiger partial charge is 0.416 e. The lowest BCUT2D eigenvalue weighted by Gasteiger charge is -2.12. The zero-order valence-corrected chi connectivity index (χ0v) is 19.5. The van der Waals surface area contributed by atoms with Gasteiger partial charge < -0.3 is 4.74 Å². The van der Waals surface area contributed by atoms with E-state index < -0.39 is 21.9 Å². The maximum atomic E-state index is 12.8. The van der Waals surface area contributed by atoms with Crippen LogP contribution in [0.2, 0.25) is 0 Å². The number of benzene rings is 2. The van der Waals surface area contributed by atoms with Crippen molar-refractivity contribution in [3.8, 4) is 22.9 Å². The summed E-state index contributed by atoms with van der Waals surface area (Å²) in [5.41, 5.74) is 2.87. The Kier molecular flexibility index (Phi) is 6.70. The van der Waals surface area contributed by atoms with Crippen molar-refractivity contribution in [1.82, 2.24) is 19.2 Å². The first-order chi connectivity index (χ1) is 16.1. The van der Waals surface area contributed by atoms with Crippen LogP contribution in [-0.4, -0.2) is 30.8 Å². The number of nitrogens with zero attached hydrogens (tertiary/aromatic N) is 2. The molecule has 34 heavy (non-hydrogen) atoms. The van der Waals surface area contributed by atoms with Gasteiger partial charge in [0.05, 0.1) is 11.3 Å². The quantitative estimate of drug-likeness (QED) is 0.489. The minimum atomic E-state index is -4.41. The number of ether oxygens (including phenoxy) is 1. The maximum Gasteiger partial charge on any atom is 0.416 e. The molecule has 1 aromatic heterocycles. The first kappa shape index (κ1) is 24.2. The maximum absolute atomic E-state index is 12.8. The normalized spacial score (nSPS) is 16.0. The van der Waals surface area contributed by atoms with Crippen LogP contribution in [0.3, 0.4) is 0 Å². The van der Waals surface area contributed by atoms with Gasteiger partial charge in [0.15, 0.2) is 0 Å². The van der Waals surface area contributed by atoms with Crippen LogP contribution in [0.5, 0.6) is 11.6 Å². The number of halogens is 3. The van der Waals surface area contributed by atoms with Gasteiger partial charge in [-0.05, 0) is 61.2 Å². The van der Waals surface area contributed by atoms with Crippen molar-refractivity contribution in [1.29, 1.82) is 0 Å². The second kappa shape index (κ2) is 9.40. The third-order valence-corrected chi connectivity index (χ3v) is 6.85. The molecule has 0 amide bonds. The van der Waals surface area contributed by atoms with E-state index in [9.17, 15) is 21.6 Å². The molecule has 4 rings (SSSR count). The fourth-order valence-electron chi connectivity index (χ4n) is 3.99. The van der Waals surface area contributed by atoms with Crippen LogP contribution < -0.4 is 14.2 Å². The van der Waals surface area contributed by atoms with E-state index in [1.165, 1.54) is 12.1 Å². The van der Waals surface area contributed by atoms with Gasteiger partial charge in [-0.25, -0.2) is 9.40 Å². The van der Waals surface area contributed by atoms with Crippen molar-refractivity contribution in [3.05, 3.63) is 65.2 Å². The van der Waals surface area contributed by atoms with Crippen LogP contribution in [0.4, 0.5) is 13.2 Å². The SMILES string of the molecule is CCNS(=O)(=O)NC1Cc2ccc(-c3cc(Oc4ccc(C(F)(F)F)cc4)n(CC)n3)cc2C1. The summed E-state index contributed by atoms with van der Waals surface area (Å²) in [5, 5.41) is 4.57. The summed E-state index contributed by atoms with van der Waals surface area (Å²) in [4.78, 5) is 0. The summed E-state index contributed by atoms with van der Waals surface area (Å²) in [6.45, 7) is 4.44. The molecule has 3 aromatic rings. The van der Waals surface area contributed by atoms with Crippen LogP contribution in [0.1, 0.15) is 30.5 Å². The van der Waals surface area contributed by atoms with Crippen LogP contribution >= 0.6 is 0 Å². The van der Waals surface area contributed by atoms with Crippen LogP contribution in [-0.2, 0) is 35.8 Å². The van der Waals surface area contributed by atoms with E-state index in [-0.39, 0.29) is 11.8 Å². The molecule has 1 aliphatic carbocycles. The Bertz CT molecular complexity index is 1270. The molecule has 0 radical (unpaired) electrons. The molecule has 0 saturated heterocycles. The molecule has 0 saturated carbocycles. The van der Waals surface area contributed by atoms with Crippen LogP contribution in [0.25, 0.3) is 11.3 Å². The molecule has 0 spiro atoms. The summed E-state index contributed by atoms with van der Waals surface area (Å²) in [6, 6.07) is 11.9. The van der Waals surface area contributed by atoms with E-state index in [4.69, 9.17) is 4.74 Å². The third kappa shape index (κ3) is 5.43. The predicted molar refractivity (Wildman–Crippen MR) is 122 cm³/mol. The summed E-state index contributed by atoms with van der Waals surface area (Å²) in [7, 11) is -3.54. The lowest BCUT2D eigenvalue weighted by molar-refractivity contribution is -0.137. The number of hydrogen-bond acceptors (Lipinski definition) is 4. The molecule has 0 aliphatic heterocycles. The molecule has 1 unspecified atom stereocenters. The zero-order chi connectivity index (χ0) is 24.5. The molecule has 1 atom stereocenters. The Labute approximate surface area is 196 Å². The number of rotatable bonds is 8. The highest BCUT2D eigenvalue weighted by atomic mass is 32.2. The van der Waals surface area contributed by atoms with Gasteiger partial charge >= 0.3 is 6.18 Å². The van der Waals surface area contributed by atoms with E-state index in [0.717, 1.165) is 28.8 Å². The minimum absolute atomic E-state index is 0.221. The number of alkyl halides is 3. The monoisotopic (exact) mass is 494 g/mol. The Morgan fingerprint density at radius 1 is 1.06 bits per heavy atom. The molecule has 0 fully saturated rings. The standard InChI is InChI=1S/C23H25F3N4O3S/c1-3-27-34(31,32)29-19-12-15-5-6-16(11-17(15)13-19)21-14-22(30(4-2)28-21)33-20-9-7-18(8-10-20)23(24,25)26/h5-11,14,19,27,29H,3-4,12-13H2,1-2H3. The molecular formula is C23H25F3N4O3S. The third-order valence-electron chi connectivity index (χ3n) is 5.54. The lowest BCUT2D eigenvalue weighted by atomic mass is 10.0. The van der Waals surface area contributed by atoms with Gasteiger partial charge in [0, 0.05) is 30.8 Å². The molecule has 1 heterocycles. The number of nitrogens with one attached hydrogen (secondary N) is 2. The number of hydrogen-bond donors (Lipinski definition) is 2. The van der Waals surface area contributed by atoms with E-state index in [0.29, 0.717) is 37.5 Å². The Morgan fingerprint density at radius 2 is 1.76 bits per heavy atom. The topological polar surface area (TPSA) is 85.3 Å². The number of aryl methyl sites for hydroxylation is 1. The highest BCUT2D eigenvalue weighted by molar-refractivity contribution is 7.87. The average molecular weight is 495 g/mol. The highest BCUT2D eigenvalue weighted by Gasteiger charge is 2.30. The van der Waals surface area contributed by atoms with E-state index in [1.807, 2.05) is 25.1 Å². The largest absolute Gasteiger partial charge is 0.439 e. The average Bonchev–Trinajstić information content (AvgIpc) is 3.35. The molecule has 1 aliphatic rings. The fourth-order valence-corrected chi connectivity index (χ4v) is 5.06. The van der Waals surface area contributed by atoms with Gasteiger partial charge in [0.2, 0.25) is 5.88 Å². The number of aromatic nitrogens is 2. The number of fused-ring (bicyclic) bond motifs is 1. The Balaban J connectivity index is 1.52. The second-order valence-electron chi connectivity index (χ2n) is 8.02. The summed E-state index contributed by atoms with van der Waals surface area (Å²) in [6.07, 6.45) is -3.24.